The van der Waals surface area contributed by atoms with Crippen molar-refractivity contribution in [3.63, 3.8) is 0 Å². The number of benzene rings is 2. The highest BCUT2D eigenvalue weighted by Gasteiger charge is 2.33. The second kappa shape index (κ2) is 7.28. The minimum absolute atomic E-state index is 0.0829. The Morgan fingerprint density at radius 1 is 1.25 bits per heavy atom. The van der Waals surface area contributed by atoms with E-state index in [0.717, 1.165) is 11.1 Å². The molecule has 1 saturated heterocycles. The average molecular weight is 362 g/mol. The zero-order chi connectivity index (χ0) is 17.1. The first kappa shape index (κ1) is 16.9. The van der Waals surface area contributed by atoms with Gasteiger partial charge in [0.25, 0.3) is 0 Å². The molecular weight excluding hydrogens is 346 g/mol. The number of hydrogen-bond acceptors (Lipinski definition) is 4. The predicted octanol–water partition coefficient (Wildman–Crippen LogP) is 3.90. The van der Waals surface area contributed by atoms with Crippen LogP contribution in [0, 0.1) is 0 Å². The van der Waals surface area contributed by atoms with E-state index in [1.807, 2.05) is 41.3 Å². The maximum atomic E-state index is 12.3. The Balaban J connectivity index is 1.83. The summed E-state index contributed by atoms with van der Waals surface area (Å²) in [5.41, 5.74) is 2.39. The number of nitrogens with zero attached hydrogens (tertiary/aromatic N) is 1. The van der Waals surface area contributed by atoms with E-state index in [-0.39, 0.29) is 17.3 Å². The van der Waals surface area contributed by atoms with Gasteiger partial charge in [-0.1, -0.05) is 41.9 Å². The van der Waals surface area contributed by atoms with Crippen molar-refractivity contribution < 1.29 is 14.3 Å². The van der Waals surface area contributed by atoms with Gasteiger partial charge in [-0.05, 0) is 29.3 Å². The molecule has 0 bridgehead atoms. The van der Waals surface area contributed by atoms with Gasteiger partial charge in [0.2, 0.25) is 5.91 Å². The Morgan fingerprint density at radius 2 is 1.96 bits per heavy atom. The van der Waals surface area contributed by atoms with Gasteiger partial charge in [-0.2, -0.15) is 0 Å². The molecule has 24 heavy (non-hydrogen) atoms. The molecule has 0 saturated carbocycles. The maximum Gasteiger partial charge on any atom is 0.337 e. The number of carbonyl (C=O) groups excluding carboxylic acids is 2. The summed E-state index contributed by atoms with van der Waals surface area (Å²) in [4.78, 5) is 25.6. The highest BCUT2D eigenvalue weighted by atomic mass is 35.5. The van der Waals surface area contributed by atoms with Gasteiger partial charge in [-0.3, -0.25) is 4.79 Å². The molecule has 1 atom stereocenters. The summed E-state index contributed by atoms with van der Waals surface area (Å²) < 4.78 is 4.71. The molecule has 1 aliphatic rings. The Labute approximate surface area is 149 Å². The van der Waals surface area contributed by atoms with Crippen LogP contribution in [0.4, 0.5) is 0 Å². The first-order chi connectivity index (χ1) is 11.6. The van der Waals surface area contributed by atoms with E-state index in [9.17, 15) is 9.59 Å². The number of ether oxygens (including phenoxy) is 1. The molecule has 0 aromatic heterocycles. The largest absolute Gasteiger partial charge is 0.465 e. The van der Waals surface area contributed by atoms with Crippen LogP contribution >= 0.6 is 23.4 Å². The van der Waals surface area contributed by atoms with Crippen LogP contribution < -0.4 is 0 Å². The monoisotopic (exact) mass is 361 g/mol. The second-order valence-electron chi connectivity index (χ2n) is 5.39. The molecule has 2 aromatic carbocycles. The van der Waals surface area contributed by atoms with Crippen molar-refractivity contribution in [3.05, 3.63) is 70.2 Å². The Kier molecular flexibility index (Phi) is 5.11. The van der Waals surface area contributed by atoms with E-state index < -0.39 is 0 Å². The third kappa shape index (κ3) is 3.42. The summed E-state index contributed by atoms with van der Waals surface area (Å²) in [6, 6.07) is 14.7. The van der Waals surface area contributed by atoms with E-state index in [1.54, 1.807) is 23.9 Å². The Bertz CT molecular complexity index is 763. The molecule has 1 aliphatic heterocycles. The summed E-state index contributed by atoms with van der Waals surface area (Å²) in [6.07, 6.45) is 0. The standard InChI is InChI=1S/C18H16ClNO3S/c1-23-18(22)13-8-6-12(7-9-13)17-20(16(21)11-24-17)10-14-4-2-3-5-15(14)19/h2-9,17H,10-11H2,1H3. The van der Waals surface area contributed by atoms with E-state index in [0.29, 0.717) is 22.9 Å². The number of esters is 1. The van der Waals surface area contributed by atoms with Crippen LogP contribution in [0.15, 0.2) is 48.5 Å². The molecule has 1 fully saturated rings. The quantitative estimate of drug-likeness (QED) is 0.775. The van der Waals surface area contributed by atoms with Crippen molar-refractivity contribution in [2.24, 2.45) is 0 Å². The first-order valence-corrected chi connectivity index (χ1v) is 8.85. The van der Waals surface area contributed by atoms with Gasteiger partial charge < -0.3 is 9.64 Å². The van der Waals surface area contributed by atoms with Crippen molar-refractivity contribution in [3.8, 4) is 0 Å². The SMILES string of the molecule is COC(=O)c1ccc(C2SCC(=O)N2Cc2ccccc2Cl)cc1. The third-order valence-electron chi connectivity index (χ3n) is 3.88. The summed E-state index contributed by atoms with van der Waals surface area (Å²) in [6.45, 7) is 0.467. The summed E-state index contributed by atoms with van der Waals surface area (Å²) >= 11 is 7.79. The van der Waals surface area contributed by atoms with Gasteiger partial charge in [0.15, 0.2) is 0 Å². The summed E-state index contributed by atoms with van der Waals surface area (Å²) in [5.74, 6) is 0.153. The average Bonchev–Trinajstić information content (AvgIpc) is 2.97. The molecule has 124 valence electrons. The fourth-order valence-electron chi connectivity index (χ4n) is 2.61. The lowest BCUT2D eigenvalue weighted by Crippen LogP contribution is -2.27. The molecule has 0 radical (unpaired) electrons. The zero-order valence-corrected chi connectivity index (χ0v) is 14.6. The van der Waals surface area contributed by atoms with Crippen molar-refractivity contribution in [2.75, 3.05) is 12.9 Å². The molecule has 3 rings (SSSR count). The van der Waals surface area contributed by atoms with Gasteiger partial charge in [-0.15, -0.1) is 11.8 Å². The van der Waals surface area contributed by atoms with Crippen LogP contribution in [-0.2, 0) is 16.1 Å². The number of methoxy groups -OCH3 is 1. The molecule has 0 aliphatic carbocycles. The summed E-state index contributed by atoms with van der Waals surface area (Å²) in [7, 11) is 1.35. The van der Waals surface area contributed by atoms with Crippen molar-refractivity contribution in [2.45, 2.75) is 11.9 Å². The predicted molar refractivity (Wildman–Crippen MR) is 95.0 cm³/mol. The molecule has 0 N–H and O–H groups in total. The number of rotatable bonds is 4. The van der Waals surface area contributed by atoms with Gasteiger partial charge in [0.1, 0.15) is 5.37 Å². The fraction of sp³-hybridized carbons (Fsp3) is 0.222. The number of thioether (sulfide) groups is 1. The Morgan fingerprint density at radius 3 is 2.62 bits per heavy atom. The molecule has 1 heterocycles. The molecular formula is C18H16ClNO3S. The topological polar surface area (TPSA) is 46.6 Å². The van der Waals surface area contributed by atoms with E-state index in [2.05, 4.69) is 0 Å². The number of amides is 1. The fourth-order valence-corrected chi connectivity index (χ4v) is 4.00. The zero-order valence-electron chi connectivity index (χ0n) is 13.1. The molecule has 2 aromatic rings. The van der Waals surface area contributed by atoms with Gasteiger partial charge in [0, 0.05) is 11.6 Å². The van der Waals surface area contributed by atoms with Crippen molar-refractivity contribution >= 4 is 35.2 Å². The molecule has 0 spiro atoms. The van der Waals surface area contributed by atoms with E-state index >= 15 is 0 Å². The van der Waals surface area contributed by atoms with Crippen LogP contribution in [0.3, 0.4) is 0 Å². The first-order valence-electron chi connectivity index (χ1n) is 7.43. The highest BCUT2D eigenvalue weighted by molar-refractivity contribution is 8.00. The van der Waals surface area contributed by atoms with Crippen LogP contribution in [0.1, 0.15) is 26.9 Å². The smallest absolute Gasteiger partial charge is 0.337 e. The number of halogens is 1. The lowest BCUT2D eigenvalue weighted by Gasteiger charge is -2.25. The molecule has 4 nitrogen and oxygen atoms in total. The summed E-state index contributed by atoms with van der Waals surface area (Å²) in [5, 5.41) is 0.572. The van der Waals surface area contributed by atoms with Gasteiger partial charge in [0.05, 0.1) is 18.4 Å². The normalized spacial score (nSPS) is 17.2. The third-order valence-corrected chi connectivity index (χ3v) is 5.51. The van der Waals surface area contributed by atoms with Gasteiger partial charge in [-0.25, -0.2) is 4.79 Å². The lowest BCUT2D eigenvalue weighted by atomic mass is 10.1. The maximum absolute atomic E-state index is 12.3. The van der Waals surface area contributed by atoms with Crippen LogP contribution in [0.25, 0.3) is 0 Å². The van der Waals surface area contributed by atoms with Crippen molar-refractivity contribution in [1.82, 2.24) is 4.90 Å². The number of hydrogen-bond donors (Lipinski definition) is 0. The van der Waals surface area contributed by atoms with Crippen molar-refractivity contribution in [1.29, 1.82) is 0 Å². The van der Waals surface area contributed by atoms with E-state index in [1.165, 1.54) is 7.11 Å². The van der Waals surface area contributed by atoms with Crippen LogP contribution in [0.5, 0.6) is 0 Å². The van der Waals surface area contributed by atoms with Crippen LogP contribution in [-0.4, -0.2) is 29.6 Å². The number of carbonyl (C=O) groups is 2. The van der Waals surface area contributed by atoms with E-state index in [4.69, 9.17) is 16.3 Å². The van der Waals surface area contributed by atoms with Crippen LogP contribution in [0.2, 0.25) is 5.02 Å². The van der Waals surface area contributed by atoms with Gasteiger partial charge >= 0.3 is 5.97 Å². The minimum Gasteiger partial charge on any atom is -0.465 e. The Hall–Kier alpha value is -1.98. The molecule has 6 heteroatoms. The molecule has 1 amide bonds. The highest BCUT2D eigenvalue weighted by Crippen LogP contribution is 2.40. The second-order valence-corrected chi connectivity index (χ2v) is 6.87. The minimum atomic E-state index is -0.371. The lowest BCUT2D eigenvalue weighted by molar-refractivity contribution is -0.128. The molecule has 1 unspecified atom stereocenters.